The Bertz CT molecular complexity index is 860. The van der Waals surface area contributed by atoms with E-state index in [1.54, 1.807) is 0 Å². The number of pyridine rings is 1. The number of nitrogens with zero attached hydrogens (tertiary/aromatic N) is 3. The quantitative estimate of drug-likeness (QED) is 0.727. The number of imidazole rings is 1. The van der Waals surface area contributed by atoms with Gasteiger partial charge in [0.2, 0.25) is 0 Å². The molecule has 0 fully saturated rings. The molecule has 1 amide bonds. The first-order chi connectivity index (χ1) is 10.9. The molecule has 0 aromatic carbocycles. The number of amides is 1. The predicted octanol–water partition coefficient (Wildman–Crippen LogP) is 4.06. The van der Waals surface area contributed by atoms with Crippen molar-refractivity contribution < 1.29 is 4.79 Å². The van der Waals surface area contributed by atoms with E-state index < -0.39 is 0 Å². The predicted molar refractivity (Wildman–Crippen MR) is 95.7 cm³/mol. The average molecular weight is 346 g/mol. The summed E-state index contributed by atoms with van der Waals surface area (Å²) < 4.78 is 1.92. The zero-order valence-electron chi connectivity index (χ0n) is 13.5. The van der Waals surface area contributed by atoms with Crippen LogP contribution in [0.25, 0.3) is 5.52 Å². The van der Waals surface area contributed by atoms with Gasteiger partial charge >= 0.3 is 0 Å². The molecule has 0 bridgehead atoms. The lowest BCUT2D eigenvalue weighted by Crippen LogP contribution is -2.14. The van der Waals surface area contributed by atoms with Gasteiger partial charge in [-0.05, 0) is 18.4 Å². The van der Waals surface area contributed by atoms with E-state index in [-0.39, 0.29) is 11.3 Å². The van der Waals surface area contributed by atoms with E-state index in [2.05, 4.69) is 36.1 Å². The SMILES string of the molecule is CSc1nc(C(=O)Nc2nc(C(C)(C)C)cs2)c2ccccn12. The number of aromatic nitrogens is 3. The van der Waals surface area contributed by atoms with Crippen LogP contribution >= 0.6 is 23.1 Å². The number of hydrogen-bond acceptors (Lipinski definition) is 5. The van der Waals surface area contributed by atoms with Gasteiger partial charge in [-0.1, -0.05) is 38.6 Å². The molecule has 23 heavy (non-hydrogen) atoms. The number of thioether (sulfide) groups is 1. The van der Waals surface area contributed by atoms with Crippen molar-refractivity contribution in [3.05, 3.63) is 41.2 Å². The van der Waals surface area contributed by atoms with Crippen LogP contribution < -0.4 is 5.32 Å². The molecule has 3 aromatic rings. The molecule has 0 unspecified atom stereocenters. The Morgan fingerprint density at radius 1 is 1.30 bits per heavy atom. The van der Waals surface area contributed by atoms with E-state index in [9.17, 15) is 4.79 Å². The fourth-order valence-corrected chi connectivity index (χ4v) is 3.62. The second kappa shape index (κ2) is 5.98. The van der Waals surface area contributed by atoms with Crippen LogP contribution in [0.3, 0.4) is 0 Å². The van der Waals surface area contributed by atoms with Gasteiger partial charge < -0.3 is 0 Å². The number of fused-ring (bicyclic) bond motifs is 1. The van der Waals surface area contributed by atoms with E-state index >= 15 is 0 Å². The normalized spacial score (nSPS) is 11.8. The first kappa shape index (κ1) is 16.0. The summed E-state index contributed by atoms with van der Waals surface area (Å²) in [7, 11) is 0. The standard InChI is InChI=1S/C16H18N4OS2/c1-16(2,3)11-9-23-14(17-11)19-13(21)12-10-7-5-6-8-20(10)15(18-12)22-4/h5-9H,1-4H3,(H,17,19,21). The number of carbonyl (C=O) groups excluding carboxylic acids is 1. The van der Waals surface area contributed by atoms with Crippen LogP contribution in [0.1, 0.15) is 37.0 Å². The smallest absolute Gasteiger partial charge is 0.278 e. The summed E-state index contributed by atoms with van der Waals surface area (Å²) in [6.07, 6.45) is 3.85. The van der Waals surface area contributed by atoms with Gasteiger partial charge in [-0.15, -0.1) is 11.3 Å². The van der Waals surface area contributed by atoms with Crippen LogP contribution in [0.5, 0.6) is 0 Å². The number of rotatable bonds is 3. The van der Waals surface area contributed by atoms with Crippen molar-refractivity contribution >= 4 is 39.7 Å². The monoisotopic (exact) mass is 346 g/mol. The highest BCUT2D eigenvalue weighted by Crippen LogP contribution is 2.27. The van der Waals surface area contributed by atoms with E-state index in [1.807, 2.05) is 40.4 Å². The molecule has 0 atom stereocenters. The van der Waals surface area contributed by atoms with Gasteiger partial charge in [0.05, 0.1) is 11.2 Å². The molecule has 7 heteroatoms. The highest BCUT2D eigenvalue weighted by molar-refractivity contribution is 7.98. The summed E-state index contributed by atoms with van der Waals surface area (Å²) in [6, 6.07) is 5.72. The summed E-state index contributed by atoms with van der Waals surface area (Å²) >= 11 is 2.94. The van der Waals surface area contributed by atoms with Crippen molar-refractivity contribution in [2.75, 3.05) is 11.6 Å². The minimum atomic E-state index is -0.233. The van der Waals surface area contributed by atoms with Crippen LogP contribution in [-0.4, -0.2) is 26.5 Å². The molecule has 0 aliphatic rings. The molecule has 5 nitrogen and oxygen atoms in total. The fourth-order valence-electron chi connectivity index (χ4n) is 2.15. The second-order valence-electron chi connectivity index (χ2n) is 6.15. The highest BCUT2D eigenvalue weighted by atomic mass is 32.2. The molecule has 1 N–H and O–H groups in total. The number of anilines is 1. The number of hydrogen-bond donors (Lipinski definition) is 1. The van der Waals surface area contributed by atoms with Crippen molar-refractivity contribution in [3.63, 3.8) is 0 Å². The topological polar surface area (TPSA) is 59.3 Å². The molecule has 3 heterocycles. The van der Waals surface area contributed by atoms with Crippen molar-refractivity contribution in [1.29, 1.82) is 0 Å². The minimum absolute atomic E-state index is 0.0351. The van der Waals surface area contributed by atoms with E-state index in [0.29, 0.717) is 10.8 Å². The zero-order chi connectivity index (χ0) is 16.6. The molecule has 120 valence electrons. The van der Waals surface area contributed by atoms with Gasteiger partial charge in [-0.3, -0.25) is 14.5 Å². The van der Waals surface area contributed by atoms with Crippen LogP contribution in [0.4, 0.5) is 5.13 Å². The van der Waals surface area contributed by atoms with Gasteiger partial charge in [-0.25, -0.2) is 9.97 Å². The van der Waals surface area contributed by atoms with Crippen molar-refractivity contribution in [1.82, 2.24) is 14.4 Å². The zero-order valence-corrected chi connectivity index (χ0v) is 15.1. The maximum Gasteiger partial charge on any atom is 0.278 e. The number of carbonyl (C=O) groups is 1. The largest absolute Gasteiger partial charge is 0.296 e. The van der Waals surface area contributed by atoms with E-state index in [4.69, 9.17) is 0 Å². The van der Waals surface area contributed by atoms with Crippen molar-refractivity contribution in [2.45, 2.75) is 31.3 Å². The Balaban J connectivity index is 1.91. The summed E-state index contributed by atoms with van der Waals surface area (Å²) in [5.74, 6) is -0.233. The molecule has 0 radical (unpaired) electrons. The molecule has 0 saturated heterocycles. The van der Waals surface area contributed by atoms with Crippen LogP contribution in [-0.2, 0) is 5.41 Å². The molecule has 0 aliphatic carbocycles. The van der Waals surface area contributed by atoms with Gasteiger partial charge in [-0.2, -0.15) is 0 Å². The average Bonchev–Trinajstić information content (AvgIpc) is 3.11. The van der Waals surface area contributed by atoms with Gasteiger partial charge in [0.1, 0.15) is 0 Å². The van der Waals surface area contributed by atoms with E-state index in [1.165, 1.54) is 23.1 Å². The molecule has 0 spiro atoms. The van der Waals surface area contributed by atoms with Crippen molar-refractivity contribution in [3.8, 4) is 0 Å². The summed E-state index contributed by atoms with van der Waals surface area (Å²) in [6.45, 7) is 6.30. The Labute approximate surface area is 143 Å². The molecule has 3 rings (SSSR count). The van der Waals surface area contributed by atoms with Gasteiger partial charge in [0, 0.05) is 17.0 Å². The Morgan fingerprint density at radius 3 is 2.74 bits per heavy atom. The van der Waals surface area contributed by atoms with Gasteiger partial charge in [0.25, 0.3) is 5.91 Å². The van der Waals surface area contributed by atoms with Crippen LogP contribution in [0.2, 0.25) is 0 Å². The number of nitrogens with one attached hydrogen (secondary N) is 1. The maximum atomic E-state index is 12.6. The highest BCUT2D eigenvalue weighted by Gasteiger charge is 2.21. The second-order valence-corrected chi connectivity index (χ2v) is 7.78. The molecule has 3 aromatic heterocycles. The Morgan fingerprint density at radius 2 is 2.09 bits per heavy atom. The Kier molecular flexibility index (Phi) is 4.16. The lowest BCUT2D eigenvalue weighted by atomic mass is 9.93. The summed E-state index contributed by atoms with van der Waals surface area (Å²) in [4.78, 5) is 21.5. The fraction of sp³-hybridized carbons (Fsp3) is 0.312. The lowest BCUT2D eigenvalue weighted by Gasteiger charge is -2.14. The third-order valence-corrected chi connectivity index (χ3v) is 4.82. The van der Waals surface area contributed by atoms with Gasteiger partial charge in [0.15, 0.2) is 16.0 Å². The lowest BCUT2D eigenvalue weighted by molar-refractivity contribution is 0.102. The van der Waals surface area contributed by atoms with Crippen LogP contribution in [0, 0.1) is 0 Å². The molecule has 0 saturated carbocycles. The minimum Gasteiger partial charge on any atom is -0.296 e. The van der Waals surface area contributed by atoms with E-state index in [0.717, 1.165) is 16.4 Å². The first-order valence-corrected chi connectivity index (χ1v) is 9.29. The van der Waals surface area contributed by atoms with Crippen LogP contribution in [0.15, 0.2) is 34.9 Å². The third-order valence-electron chi connectivity index (χ3n) is 3.41. The first-order valence-electron chi connectivity index (χ1n) is 7.18. The molecular formula is C16H18N4OS2. The summed E-state index contributed by atoms with van der Waals surface area (Å²) in [5, 5.41) is 6.24. The molecular weight excluding hydrogens is 328 g/mol. The number of thiazole rings is 1. The van der Waals surface area contributed by atoms with Crippen molar-refractivity contribution in [2.24, 2.45) is 0 Å². The Hall–Kier alpha value is -1.86. The summed E-state index contributed by atoms with van der Waals surface area (Å²) in [5.41, 5.74) is 2.15. The molecule has 0 aliphatic heterocycles. The third kappa shape index (κ3) is 3.11. The maximum absolute atomic E-state index is 12.6.